The van der Waals surface area contributed by atoms with E-state index in [1.54, 1.807) is 12.1 Å². The van der Waals surface area contributed by atoms with E-state index in [1.165, 1.54) is 12.1 Å². The highest BCUT2D eigenvalue weighted by molar-refractivity contribution is 5.62. The molecule has 0 saturated carbocycles. The van der Waals surface area contributed by atoms with E-state index in [1.807, 2.05) is 12.1 Å². The van der Waals surface area contributed by atoms with Crippen molar-refractivity contribution in [2.75, 3.05) is 11.5 Å². The zero-order valence-electron chi connectivity index (χ0n) is 8.53. The first kappa shape index (κ1) is 12.0. The predicted octanol–water partition coefficient (Wildman–Crippen LogP) is 2.82. The Morgan fingerprint density at radius 3 is 1.19 bits per heavy atom. The number of hydrogen-bond acceptors (Lipinski definition) is 2. The zero-order chi connectivity index (χ0) is 12.0. The van der Waals surface area contributed by atoms with E-state index in [0.29, 0.717) is 11.4 Å². The molecule has 0 aromatic heterocycles. The van der Waals surface area contributed by atoms with Gasteiger partial charge in [-0.3, -0.25) is 0 Å². The fourth-order valence-electron chi connectivity index (χ4n) is 0.950. The Hall–Kier alpha value is -2.10. The van der Waals surface area contributed by atoms with E-state index in [4.69, 9.17) is 11.5 Å². The molecule has 0 amide bonds. The Kier molecular flexibility index (Phi) is 4.27. The van der Waals surface area contributed by atoms with Gasteiger partial charge in [-0.25, -0.2) is 8.78 Å². The highest BCUT2D eigenvalue weighted by atomic mass is 19.2. The molecule has 2 aromatic carbocycles. The molecule has 0 saturated heterocycles. The first-order chi connectivity index (χ1) is 7.61. The number of halogens is 2. The van der Waals surface area contributed by atoms with Crippen LogP contribution in [0.2, 0.25) is 0 Å². The summed E-state index contributed by atoms with van der Waals surface area (Å²) in [4.78, 5) is 0. The molecule has 0 heterocycles. The smallest absolute Gasteiger partial charge is 0.158 e. The average molecular weight is 222 g/mol. The van der Waals surface area contributed by atoms with E-state index in [2.05, 4.69) is 0 Å². The second-order valence-corrected chi connectivity index (χ2v) is 3.04. The number of benzene rings is 2. The number of hydrogen-bond donors (Lipinski definition) is 2. The quantitative estimate of drug-likeness (QED) is 0.673. The Balaban J connectivity index is 0.000000160. The van der Waals surface area contributed by atoms with Gasteiger partial charge in [-0.1, -0.05) is 24.3 Å². The lowest BCUT2D eigenvalue weighted by Crippen LogP contribution is -1.91. The van der Waals surface area contributed by atoms with Crippen molar-refractivity contribution in [3.63, 3.8) is 0 Å². The standard InChI is InChI=1S/C6H4F2.C6H8N2/c2*7-5-3-1-2-4-6(5)8/h1-4H;1-4H,7-8H2. The van der Waals surface area contributed by atoms with Crippen LogP contribution >= 0.6 is 0 Å². The molecule has 0 bridgehead atoms. The minimum atomic E-state index is -0.799. The van der Waals surface area contributed by atoms with Crippen LogP contribution in [0.4, 0.5) is 20.2 Å². The lowest BCUT2D eigenvalue weighted by atomic mass is 10.3. The van der Waals surface area contributed by atoms with Gasteiger partial charge in [0.15, 0.2) is 11.6 Å². The van der Waals surface area contributed by atoms with Gasteiger partial charge in [0, 0.05) is 0 Å². The highest BCUT2D eigenvalue weighted by Crippen LogP contribution is 2.10. The molecule has 0 unspecified atom stereocenters. The third kappa shape index (κ3) is 3.57. The maximum Gasteiger partial charge on any atom is 0.158 e. The number of nitrogen functional groups attached to an aromatic ring is 2. The normalized spacial score (nSPS) is 9.12. The van der Waals surface area contributed by atoms with E-state index >= 15 is 0 Å². The lowest BCUT2D eigenvalue weighted by Gasteiger charge is -1.94. The summed E-state index contributed by atoms with van der Waals surface area (Å²) >= 11 is 0. The molecule has 0 fully saturated rings. The van der Waals surface area contributed by atoms with E-state index in [9.17, 15) is 8.78 Å². The monoisotopic (exact) mass is 222 g/mol. The molecule has 0 aliphatic rings. The second-order valence-electron chi connectivity index (χ2n) is 3.04. The van der Waals surface area contributed by atoms with Crippen LogP contribution < -0.4 is 11.5 Å². The topological polar surface area (TPSA) is 52.0 Å². The van der Waals surface area contributed by atoms with E-state index in [0.717, 1.165) is 12.1 Å². The number of para-hydroxylation sites is 2. The van der Waals surface area contributed by atoms with Crippen LogP contribution in [0.3, 0.4) is 0 Å². The van der Waals surface area contributed by atoms with Gasteiger partial charge >= 0.3 is 0 Å². The molecule has 0 atom stereocenters. The van der Waals surface area contributed by atoms with Crippen molar-refractivity contribution in [3.05, 3.63) is 60.2 Å². The fraction of sp³-hybridized carbons (Fsp3) is 0. The van der Waals surface area contributed by atoms with E-state index < -0.39 is 11.6 Å². The van der Waals surface area contributed by atoms with Crippen LogP contribution in [0.25, 0.3) is 0 Å². The third-order valence-electron chi connectivity index (χ3n) is 1.82. The summed E-state index contributed by atoms with van der Waals surface area (Å²) in [7, 11) is 0. The molecule has 4 heteroatoms. The van der Waals surface area contributed by atoms with Gasteiger partial charge in [0.2, 0.25) is 0 Å². The maximum atomic E-state index is 11.9. The lowest BCUT2D eigenvalue weighted by molar-refractivity contribution is 0.508. The maximum absolute atomic E-state index is 11.9. The average Bonchev–Trinajstić information content (AvgIpc) is 2.28. The summed E-state index contributed by atoms with van der Waals surface area (Å²) in [6.45, 7) is 0. The first-order valence-electron chi connectivity index (χ1n) is 4.61. The Labute approximate surface area is 92.5 Å². The van der Waals surface area contributed by atoms with Crippen LogP contribution in [-0.4, -0.2) is 0 Å². The summed E-state index contributed by atoms with van der Waals surface area (Å²) in [6, 6.07) is 12.3. The van der Waals surface area contributed by atoms with Gasteiger partial charge in [0.05, 0.1) is 11.4 Å². The summed E-state index contributed by atoms with van der Waals surface area (Å²) < 4.78 is 23.9. The Morgan fingerprint density at radius 2 is 0.938 bits per heavy atom. The van der Waals surface area contributed by atoms with Crippen LogP contribution in [0, 0.1) is 11.6 Å². The molecule has 4 N–H and O–H groups in total. The summed E-state index contributed by atoms with van der Waals surface area (Å²) in [5, 5.41) is 0. The van der Waals surface area contributed by atoms with E-state index in [-0.39, 0.29) is 0 Å². The molecular formula is C12H12F2N2. The van der Waals surface area contributed by atoms with Crippen molar-refractivity contribution >= 4 is 11.4 Å². The van der Waals surface area contributed by atoms with Gasteiger partial charge in [-0.15, -0.1) is 0 Å². The molecular weight excluding hydrogens is 210 g/mol. The fourth-order valence-corrected chi connectivity index (χ4v) is 0.950. The minimum absolute atomic E-state index is 0.646. The van der Waals surface area contributed by atoms with Crippen LogP contribution in [-0.2, 0) is 0 Å². The largest absolute Gasteiger partial charge is 0.397 e. The Bertz CT molecular complexity index is 373. The molecule has 2 aromatic rings. The molecule has 0 aliphatic carbocycles. The second kappa shape index (κ2) is 5.70. The van der Waals surface area contributed by atoms with Crippen molar-refractivity contribution in [2.45, 2.75) is 0 Å². The van der Waals surface area contributed by atoms with Crippen LogP contribution in [0.15, 0.2) is 48.5 Å². The van der Waals surface area contributed by atoms with Crippen molar-refractivity contribution < 1.29 is 8.78 Å². The van der Waals surface area contributed by atoms with Crippen LogP contribution in [0.1, 0.15) is 0 Å². The summed E-state index contributed by atoms with van der Waals surface area (Å²) in [6.07, 6.45) is 0. The first-order valence-corrected chi connectivity index (χ1v) is 4.61. The number of rotatable bonds is 0. The number of nitrogens with two attached hydrogens (primary N) is 2. The van der Waals surface area contributed by atoms with Gasteiger partial charge in [0.1, 0.15) is 0 Å². The SMILES string of the molecule is Fc1ccccc1F.Nc1ccccc1N. The molecule has 2 rings (SSSR count). The zero-order valence-corrected chi connectivity index (χ0v) is 8.53. The molecule has 0 radical (unpaired) electrons. The highest BCUT2D eigenvalue weighted by Gasteiger charge is 1.93. The van der Waals surface area contributed by atoms with Crippen molar-refractivity contribution in [1.82, 2.24) is 0 Å². The number of anilines is 2. The Morgan fingerprint density at radius 1 is 0.625 bits per heavy atom. The van der Waals surface area contributed by atoms with Crippen molar-refractivity contribution in [2.24, 2.45) is 0 Å². The molecule has 84 valence electrons. The predicted molar refractivity (Wildman–Crippen MR) is 61.6 cm³/mol. The molecule has 2 nitrogen and oxygen atoms in total. The minimum Gasteiger partial charge on any atom is -0.397 e. The molecule has 16 heavy (non-hydrogen) atoms. The van der Waals surface area contributed by atoms with Gasteiger partial charge in [0.25, 0.3) is 0 Å². The van der Waals surface area contributed by atoms with Crippen LogP contribution in [0.5, 0.6) is 0 Å². The summed E-state index contributed by atoms with van der Waals surface area (Å²) in [5.74, 6) is -1.60. The summed E-state index contributed by atoms with van der Waals surface area (Å²) in [5.41, 5.74) is 12.1. The van der Waals surface area contributed by atoms with Gasteiger partial charge in [-0.2, -0.15) is 0 Å². The molecule has 0 spiro atoms. The van der Waals surface area contributed by atoms with Gasteiger partial charge < -0.3 is 11.5 Å². The third-order valence-corrected chi connectivity index (χ3v) is 1.82. The van der Waals surface area contributed by atoms with Crippen molar-refractivity contribution in [3.8, 4) is 0 Å². The van der Waals surface area contributed by atoms with Crippen molar-refractivity contribution in [1.29, 1.82) is 0 Å². The molecule has 0 aliphatic heterocycles. The van der Waals surface area contributed by atoms with Gasteiger partial charge in [-0.05, 0) is 24.3 Å².